The fourth-order valence-electron chi connectivity index (χ4n) is 2.38. The standard InChI is InChI=1S/C15H19NO4/c1-15(13(17)18)8-5-9-16(11-15)14(19)20-10-12-6-3-2-4-7-12/h2-4,6-7H,5,8-11H2,1H3,(H,17,18). The van der Waals surface area contributed by atoms with Crippen LogP contribution in [-0.4, -0.2) is 35.2 Å². The van der Waals surface area contributed by atoms with E-state index in [-0.39, 0.29) is 13.2 Å². The van der Waals surface area contributed by atoms with Crippen LogP contribution < -0.4 is 0 Å². The molecule has 1 fully saturated rings. The molecule has 1 aromatic carbocycles. The maximum Gasteiger partial charge on any atom is 0.410 e. The number of nitrogens with zero attached hydrogens (tertiary/aromatic N) is 1. The maximum absolute atomic E-state index is 12.0. The SMILES string of the molecule is CC1(C(=O)O)CCCN(C(=O)OCc2ccccc2)C1. The summed E-state index contributed by atoms with van der Waals surface area (Å²) in [5, 5.41) is 9.23. The fraction of sp³-hybridized carbons (Fsp3) is 0.467. The van der Waals surface area contributed by atoms with Gasteiger partial charge < -0.3 is 14.7 Å². The van der Waals surface area contributed by atoms with Gasteiger partial charge in [0.2, 0.25) is 0 Å². The van der Waals surface area contributed by atoms with Crippen LogP contribution in [0.4, 0.5) is 4.79 Å². The lowest BCUT2D eigenvalue weighted by molar-refractivity contribution is -0.150. The van der Waals surface area contributed by atoms with E-state index >= 15 is 0 Å². The van der Waals surface area contributed by atoms with Crippen LogP contribution in [0.25, 0.3) is 0 Å². The van der Waals surface area contributed by atoms with Gasteiger partial charge in [-0.1, -0.05) is 30.3 Å². The Kier molecular flexibility index (Phi) is 4.27. The van der Waals surface area contributed by atoms with E-state index < -0.39 is 17.5 Å². The summed E-state index contributed by atoms with van der Waals surface area (Å²) in [4.78, 5) is 24.7. The van der Waals surface area contributed by atoms with E-state index in [2.05, 4.69) is 0 Å². The molecule has 108 valence electrons. The van der Waals surface area contributed by atoms with Crippen LogP contribution in [-0.2, 0) is 16.1 Å². The molecule has 1 saturated heterocycles. The Morgan fingerprint density at radius 3 is 2.70 bits per heavy atom. The summed E-state index contributed by atoms with van der Waals surface area (Å²) in [5.41, 5.74) is 0.0446. The summed E-state index contributed by atoms with van der Waals surface area (Å²) in [6.07, 6.45) is 0.828. The summed E-state index contributed by atoms with van der Waals surface area (Å²) >= 11 is 0. The Balaban J connectivity index is 1.91. The summed E-state index contributed by atoms with van der Waals surface area (Å²) in [7, 11) is 0. The van der Waals surface area contributed by atoms with Crippen molar-refractivity contribution in [3.63, 3.8) is 0 Å². The van der Waals surface area contributed by atoms with E-state index in [1.165, 1.54) is 4.90 Å². The van der Waals surface area contributed by atoms with Crippen molar-refractivity contribution in [3.8, 4) is 0 Å². The van der Waals surface area contributed by atoms with Gasteiger partial charge in [-0.15, -0.1) is 0 Å². The smallest absolute Gasteiger partial charge is 0.410 e. The number of hydrogen-bond acceptors (Lipinski definition) is 3. The van der Waals surface area contributed by atoms with Crippen LogP contribution in [0.15, 0.2) is 30.3 Å². The predicted octanol–water partition coefficient (Wildman–Crippen LogP) is 2.51. The third-order valence-corrected chi connectivity index (χ3v) is 3.68. The van der Waals surface area contributed by atoms with Crippen LogP contribution in [0.1, 0.15) is 25.3 Å². The predicted molar refractivity (Wildman–Crippen MR) is 73.2 cm³/mol. The fourth-order valence-corrected chi connectivity index (χ4v) is 2.38. The number of amides is 1. The number of carboxylic acids is 1. The second-order valence-corrected chi connectivity index (χ2v) is 5.43. The van der Waals surface area contributed by atoms with Crippen molar-refractivity contribution in [3.05, 3.63) is 35.9 Å². The van der Waals surface area contributed by atoms with E-state index in [0.29, 0.717) is 19.4 Å². The first-order valence-electron chi connectivity index (χ1n) is 6.70. The number of carbonyl (C=O) groups is 2. The number of piperidine rings is 1. The van der Waals surface area contributed by atoms with Gasteiger partial charge in [0, 0.05) is 13.1 Å². The largest absolute Gasteiger partial charge is 0.481 e. The molecule has 0 aliphatic carbocycles. The highest BCUT2D eigenvalue weighted by Gasteiger charge is 2.39. The number of likely N-dealkylation sites (tertiary alicyclic amines) is 1. The van der Waals surface area contributed by atoms with Gasteiger partial charge in [0.05, 0.1) is 5.41 Å². The van der Waals surface area contributed by atoms with Gasteiger partial charge in [-0.2, -0.15) is 0 Å². The Hall–Kier alpha value is -2.04. The van der Waals surface area contributed by atoms with Crippen molar-refractivity contribution >= 4 is 12.1 Å². The summed E-state index contributed by atoms with van der Waals surface area (Å²) < 4.78 is 5.23. The van der Waals surface area contributed by atoms with Crippen molar-refractivity contribution in [2.24, 2.45) is 5.41 Å². The molecule has 0 saturated carbocycles. The average molecular weight is 277 g/mol. The number of benzene rings is 1. The summed E-state index contributed by atoms with van der Waals surface area (Å²) in [6.45, 7) is 2.64. The lowest BCUT2D eigenvalue weighted by atomic mass is 9.82. The van der Waals surface area contributed by atoms with Crippen LogP contribution in [0, 0.1) is 5.41 Å². The molecule has 5 nitrogen and oxygen atoms in total. The Morgan fingerprint density at radius 1 is 1.35 bits per heavy atom. The number of rotatable bonds is 3. The third-order valence-electron chi connectivity index (χ3n) is 3.68. The molecule has 0 spiro atoms. The Morgan fingerprint density at radius 2 is 2.05 bits per heavy atom. The van der Waals surface area contributed by atoms with Crippen molar-refractivity contribution in [1.29, 1.82) is 0 Å². The third kappa shape index (κ3) is 3.29. The average Bonchev–Trinajstić information content (AvgIpc) is 2.46. The van der Waals surface area contributed by atoms with Crippen molar-refractivity contribution < 1.29 is 19.4 Å². The van der Waals surface area contributed by atoms with Gasteiger partial charge in [-0.3, -0.25) is 4.79 Å². The number of aliphatic carboxylic acids is 1. The lowest BCUT2D eigenvalue weighted by Gasteiger charge is -2.36. The normalized spacial score (nSPS) is 22.4. The molecular formula is C15H19NO4. The molecular weight excluding hydrogens is 258 g/mol. The first kappa shape index (κ1) is 14.4. The zero-order valence-electron chi connectivity index (χ0n) is 11.5. The molecule has 20 heavy (non-hydrogen) atoms. The van der Waals surface area contributed by atoms with Gasteiger partial charge >= 0.3 is 12.1 Å². The highest BCUT2D eigenvalue weighted by Crippen LogP contribution is 2.30. The number of hydrogen-bond donors (Lipinski definition) is 1. The first-order valence-corrected chi connectivity index (χ1v) is 6.70. The number of carbonyl (C=O) groups excluding carboxylic acids is 1. The molecule has 1 amide bonds. The zero-order chi connectivity index (χ0) is 14.6. The van der Waals surface area contributed by atoms with E-state index in [1.807, 2.05) is 30.3 Å². The van der Waals surface area contributed by atoms with Gasteiger partial charge in [-0.05, 0) is 25.3 Å². The first-order chi connectivity index (χ1) is 9.51. The van der Waals surface area contributed by atoms with Crippen LogP contribution in [0.2, 0.25) is 0 Å². The van der Waals surface area contributed by atoms with Crippen LogP contribution in [0.3, 0.4) is 0 Å². The minimum Gasteiger partial charge on any atom is -0.481 e. The molecule has 0 aromatic heterocycles. The number of carboxylic acid groups (broad SMARTS) is 1. The maximum atomic E-state index is 12.0. The summed E-state index contributed by atoms with van der Waals surface area (Å²) in [5.74, 6) is -0.863. The van der Waals surface area contributed by atoms with E-state index in [9.17, 15) is 14.7 Å². The van der Waals surface area contributed by atoms with Gasteiger partial charge in [0.25, 0.3) is 0 Å². The molecule has 1 unspecified atom stereocenters. The molecule has 1 atom stereocenters. The van der Waals surface area contributed by atoms with Crippen LogP contribution >= 0.6 is 0 Å². The molecule has 0 radical (unpaired) electrons. The molecule has 0 bridgehead atoms. The van der Waals surface area contributed by atoms with Gasteiger partial charge in [0.15, 0.2) is 0 Å². The molecule has 1 aliphatic heterocycles. The Labute approximate surface area is 118 Å². The second-order valence-electron chi connectivity index (χ2n) is 5.43. The van der Waals surface area contributed by atoms with Crippen molar-refractivity contribution in [1.82, 2.24) is 4.90 Å². The highest BCUT2D eigenvalue weighted by atomic mass is 16.6. The van der Waals surface area contributed by atoms with E-state index in [4.69, 9.17) is 4.74 Å². The van der Waals surface area contributed by atoms with Crippen molar-refractivity contribution in [2.45, 2.75) is 26.4 Å². The molecule has 5 heteroatoms. The minimum absolute atomic E-state index is 0.204. The molecule has 1 N–H and O–H groups in total. The quantitative estimate of drug-likeness (QED) is 0.921. The zero-order valence-corrected chi connectivity index (χ0v) is 11.5. The van der Waals surface area contributed by atoms with Gasteiger partial charge in [-0.25, -0.2) is 4.79 Å². The van der Waals surface area contributed by atoms with E-state index in [1.54, 1.807) is 6.92 Å². The topological polar surface area (TPSA) is 66.8 Å². The second kappa shape index (κ2) is 5.94. The molecule has 1 aromatic rings. The van der Waals surface area contributed by atoms with E-state index in [0.717, 1.165) is 5.56 Å². The summed E-state index contributed by atoms with van der Waals surface area (Å²) in [6, 6.07) is 9.42. The molecule has 2 rings (SSSR count). The highest BCUT2D eigenvalue weighted by molar-refractivity contribution is 5.76. The van der Waals surface area contributed by atoms with Crippen LogP contribution in [0.5, 0.6) is 0 Å². The lowest BCUT2D eigenvalue weighted by Crippen LogP contribution is -2.48. The number of ether oxygens (including phenoxy) is 1. The molecule has 1 heterocycles. The molecule has 1 aliphatic rings. The minimum atomic E-state index is -0.871. The van der Waals surface area contributed by atoms with Crippen molar-refractivity contribution in [2.75, 3.05) is 13.1 Å². The monoisotopic (exact) mass is 277 g/mol. The van der Waals surface area contributed by atoms with Gasteiger partial charge in [0.1, 0.15) is 6.61 Å². The Bertz CT molecular complexity index is 488.